The number of pyridine rings is 1. The molecular weight excluding hydrogens is 340 g/mol. The van der Waals surface area contributed by atoms with Crippen LogP contribution >= 0.6 is 0 Å². The number of hydrogen-bond donors (Lipinski definition) is 1. The van der Waals surface area contributed by atoms with Crippen LogP contribution in [0.15, 0.2) is 30.3 Å². The first-order chi connectivity index (χ1) is 10.9. The Balaban J connectivity index is 2.60. The van der Waals surface area contributed by atoms with Gasteiger partial charge in [0, 0.05) is 5.56 Å². The molecule has 0 bridgehead atoms. The highest BCUT2D eigenvalue weighted by Gasteiger charge is 2.37. The van der Waals surface area contributed by atoms with Crippen LogP contribution in [0.4, 0.5) is 26.3 Å². The van der Waals surface area contributed by atoms with Crippen LogP contribution in [-0.2, 0) is 12.4 Å². The Labute approximate surface area is 131 Å². The molecule has 128 valence electrons. The lowest BCUT2D eigenvalue weighted by atomic mass is 10.0. The highest BCUT2D eigenvalue weighted by atomic mass is 19.4. The Morgan fingerprint density at radius 3 is 1.96 bits per heavy atom. The van der Waals surface area contributed by atoms with Crippen molar-refractivity contribution >= 4 is 5.97 Å². The highest BCUT2D eigenvalue weighted by Crippen LogP contribution is 2.36. The van der Waals surface area contributed by atoms with Crippen molar-refractivity contribution in [2.45, 2.75) is 19.3 Å². The van der Waals surface area contributed by atoms with E-state index < -0.39 is 35.0 Å². The highest BCUT2D eigenvalue weighted by molar-refractivity contribution is 5.91. The molecule has 0 aliphatic heterocycles. The van der Waals surface area contributed by atoms with Gasteiger partial charge in [0.05, 0.1) is 28.1 Å². The Kier molecular flexibility index (Phi) is 4.30. The summed E-state index contributed by atoms with van der Waals surface area (Å²) in [5.74, 6) is -1.79. The van der Waals surface area contributed by atoms with E-state index in [0.29, 0.717) is 18.2 Å². The third-order valence-electron chi connectivity index (χ3n) is 3.23. The van der Waals surface area contributed by atoms with Gasteiger partial charge in [0.2, 0.25) is 0 Å². The summed E-state index contributed by atoms with van der Waals surface area (Å²) in [7, 11) is 0. The first kappa shape index (κ1) is 17.8. The second-order valence-electron chi connectivity index (χ2n) is 4.89. The van der Waals surface area contributed by atoms with E-state index in [1.807, 2.05) is 0 Å². The van der Waals surface area contributed by atoms with Crippen molar-refractivity contribution < 1.29 is 36.2 Å². The lowest BCUT2D eigenvalue weighted by molar-refractivity contribution is -0.138. The van der Waals surface area contributed by atoms with Gasteiger partial charge in [-0.3, -0.25) is 4.98 Å². The largest absolute Gasteiger partial charge is 0.478 e. The molecular formula is C15H9F6NO2. The number of hydrogen-bond acceptors (Lipinski definition) is 2. The molecule has 1 heterocycles. The van der Waals surface area contributed by atoms with E-state index >= 15 is 0 Å². The number of alkyl halides is 6. The average Bonchev–Trinajstić information content (AvgIpc) is 2.44. The molecule has 0 amide bonds. The number of benzene rings is 1. The molecule has 1 aromatic heterocycles. The van der Waals surface area contributed by atoms with Crippen molar-refractivity contribution in [1.82, 2.24) is 4.98 Å². The summed E-state index contributed by atoms with van der Waals surface area (Å²) >= 11 is 0. The molecule has 3 nitrogen and oxygen atoms in total. The molecule has 2 rings (SSSR count). The summed E-state index contributed by atoms with van der Waals surface area (Å²) < 4.78 is 76.8. The lowest BCUT2D eigenvalue weighted by Gasteiger charge is -2.14. The fourth-order valence-electron chi connectivity index (χ4n) is 2.14. The molecule has 0 unspecified atom stereocenters. The molecule has 0 spiro atoms. The Morgan fingerprint density at radius 2 is 1.54 bits per heavy atom. The molecule has 0 atom stereocenters. The third-order valence-corrected chi connectivity index (χ3v) is 3.23. The first-order valence-corrected chi connectivity index (χ1v) is 6.41. The van der Waals surface area contributed by atoms with Crippen LogP contribution in [0.1, 0.15) is 27.2 Å². The van der Waals surface area contributed by atoms with E-state index in [0.717, 1.165) is 19.1 Å². The predicted octanol–water partition coefficient (Wildman–Crippen LogP) is 4.79. The zero-order chi connectivity index (χ0) is 18.3. The zero-order valence-electron chi connectivity index (χ0n) is 12.0. The molecule has 1 aromatic carbocycles. The molecule has 0 aliphatic rings. The molecule has 0 fully saturated rings. The molecule has 2 aromatic rings. The van der Waals surface area contributed by atoms with E-state index in [-0.39, 0.29) is 17.0 Å². The molecule has 0 radical (unpaired) electrons. The second-order valence-corrected chi connectivity index (χ2v) is 4.89. The second kappa shape index (κ2) is 5.81. The predicted molar refractivity (Wildman–Crippen MR) is 71.4 cm³/mol. The summed E-state index contributed by atoms with van der Waals surface area (Å²) in [6, 6.07) is 3.89. The zero-order valence-corrected chi connectivity index (χ0v) is 12.0. The van der Waals surface area contributed by atoms with Crippen LogP contribution in [0.3, 0.4) is 0 Å². The summed E-state index contributed by atoms with van der Waals surface area (Å²) in [6.07, 6.45) is -9.52. The van der Waals surface area contributed by atoms with Crippen LogP contribution in [0.5, 0.6) is 0 Å². The minimum Gasteiger partial charge on any atom is -0.478 e. The van der Waals surface area contributed by atoms with Gasteiger partial charge in [0.15, 0.2) is 0 Å². The molecule has 1 N–H and O–H groups in total. The quantitative estimate of drug-likeness (QED) is 0.793. The van der Waals surface area contributed by atoms with Crippen LogP contribution in [0.2, 0.25) is 0 Å². The van der Waals surface area contributed by atoms with Gasteiger partial charge >= 0.3 is 18.3 Å². The number of aromatic carboxylic acids is 1. The molecule has 0 saturated carbocycles. The fourth-order valence-corrected chi connectivity index (χ4v) is 2.14. The topological polar surface area (TPSA) is 50.2 Å². The van der Waals surface area contributed by atoms with Crippen molar-refractivity contribution in [1.29, 1.82) is 0 Å². The summed E-state index contributed by atoms with van der Waals surface area (Å²) in [5, 5.41) is 8.93. The van der Waals surface area contributed by atoms with Crippen LogP contribution in [-0.4, -0.2) is 16.1 Å². The standard InChI is InChI=1S/C15H9F6NO2/c1-7-12(13(23)24)10(15(19,20)21)6-11(22-7)8-2-4-9(5-3-8)14(16,17)18/h2-6H,1H3,(H,23,24). The normalized spacial score (nSPS) is 12.3. The maximum absolute atomic E-state index is 13.1. The van der Waals surface area contributed by atoms with Crippen molar-refractivity contribution in [2.24, 2.45) is 0 Å². The summed E-state index contributed by atoms with van der Waals surface area (Å²) in [4.78, 5) is 14.8. The van der Waals surface area contributed by atoms with Crippen molar-refractivity contribution in [3.63, 3.8) is 0 Å². The number of aromatic nitrogens is 1. The number of carboxylic acids is 1. The SMILES string of the molecule is Cc1nc(-c2ccc(C(F)(F)F)cc2)cc(C(F)(F)F)c1C(=O)O. The first-order valence-electron chi connectivity index (χ1n) is 6.41. The number of nitrogens with zero attached hydrogens (tertiary/aromatic N) is 1. The number of carbonyl (C=O) groups is 1. The van der Waals surface area contributed by atoms with E-state index in [9.17, 15) is 31.1 Å². The van der Waals surface area contributed by atoms with Crippen molar-refractivity contribution in [3.05, 3.63) is 52.7 Å². The van der Waals surface area contributed by atoms with E-state index in [1.54, 1.807) is 0 Å². The number of rotatable bonds is 2. The Morgan fingerprint density at radius 1 is 1.00 bits per heavy atom. The fraction of sp³-hybridized carbons (Fsp3) is 0.200. The molecule has 9 heteroatoms. The van der Waals surface area contributed by atoms with E-state index in [2.05, 4.69) is 4.98 Å². The molecule has 0 saturated heterocycles. The van der Waals surface area contributed by atoms with Gasteiger partial charge in [-0.2, -0.15) is 26.3 Å². The molecule has 0 aliphatic carbocycles. The minimum absolute atomic E-state index is 0.00791. The Bertz CT molecular complexity index is 778. The third kappa shape index (κ3) is 3.50. The van der Waals surface area contributed by atoms with Gasteiger partial charge in [0.25, 0.3) is 0 Å². The van der Waals surface area contributed by atoms with Crippen molar-refractivity contribution in [2.75, 3.05) is 0 Å². The maximum atomic E-state index is 13.1. The lowest BCUT2D eigenvalue weighted by Crippen LogP contribution is -2.16. The molecule has 24 heavy (non-hydrogen) atoms. The summed E-state index contributed by atoms with van der Waals surface area (Å²) in [6.45, 7) is 1.09. The van der Waals surface area contributed by atoms with Crippen LogP contribution in [0.25, 0.3) is 11.3 Å². The van der Waals surface area contributed by atoms with Gasteiger partial charge in [-0.15, -0.1) is 0 Å². The van der Waals surface area contributed by atoms with Gasteiger partial charge < -0.3 is 5.11 Å². The average molecular weight is 349 g/mol. The minimum atomic E-state index is -4.94. The van der Waals surface area contributed by atoms with Crippen molar-refractivity contribution in [3.8, 4) is 11.3 Å². The monoisotopic (exact) mass is 349 g/mol. The van der Waals surface area contributed by atoms with Crippen LogP contribution in [0, 0.1) is 6.92 Å². The van der Waals surface area contributed by atoms with Gasteiger partial charge in [-0.1, -0.05) is 12.1 Å². The van der Waals surface area contributed by atoms with Gasteiger partial charge in [-0.05, 0) is 25.1 Å². The van der Waals surface area contributed by atoms with E-state index in [1.165, 1.54) is 0 Å². The van der Waals surface area contributed by atoms with Gasteiger partial charge in [0.1, 0.15) is 0 Å². The Hall–Kier alpha value is -2.58. The van der Waals surface area contributed by atoms with E-state index in [4.69, 9.17) is 5.11 Å². The summed E-state index contributed by atoms with van der Waals surface area (Å²) in [5.41, 5.74) is -3.99. The maximum Gasteiger partial charge on any atom is 0.417 e. The smallest absolute Gasteiger partial charge is 0.417 e. The number of aryl methyl sites for hydroxylation is 1. The van der Waals surface area contributed by atoms with Crippen LogP contribution < -0.4 is 0 Å². The number of halogens is 6. The number of carboxylic acid groups (broad SMARTS) is 1. The van der Waals surface area contributed by atoms with Gasteiger partial charge in [-0.25, -0.2) is 4.79 Å².